The van der Waals surface area contributed by atoms with E-state index in [0.29, 0.717) is 17.6 Å². The summed E-state index contributed by atoms with van der Waals surface area (Å²) in [5.74, 6) is -0.681. The predicted molar refractivity (Wildman–Crippen MR) is 134 cm³/mol. The zero-order valence-electron chi connectivity index (χ0n) is 16.4. The molecule has 0 radical (unpaired) electrons. The molecule has 30 heavy (non-hydrogen) atoms. The molecular weight excluding hydrogens is 552 g/mol. The predicted octanol–water partition coefficient (Wildman–Crippen LogP) is 6.28. The summed E-state index contributed by atoms with van der Waals surface area (Å²) in [5.41, 5.74) is -0.294. The Bertz CT molecular complexity index is 1110. The van der Waals surface area contributed by atoms with Gasteiger partial charge < -0.3 is 4.42 Å². The summed E-state index contributed by atoms with van der Waals surface area (Å²) in [7, 11) is 0. The zero-order chi connectivity index (χ0) is 21.8. The molecule has 0 atom stereocenters. The third kappa shape index (κ3) is 7.61. The molecule has 0 bridgehead atoms. The van der Waals surface area contributed by atoms with Gasteiger partial charge in [0.1, 0.15) is 5.39 Å². The van der Waals surface area contributed by atoms with E-state index in [0.717, 1.165) is 15.5 Å². The average molecular weight is 574 g/mol. The molecule has 0 N–H and O–H groups in total. The van der Waals surface area contributed by atoms with Gasteiger partial charge in [-0.15, -0.1) is 22.7 Å². The molecule has 0 aliphatic carbocycles. The van der Waals surface area contributed by atoms with Crippen LogP contribution in [0.15, 0.2) is 67.4 Å². The Hall–Kier alpha value is -1.55. The summed E-state index contributed by atoms with van der Waals surface area (Å²) < 4.78 is 6.05. The Labute approximate surface area is 199 Å². The zero-order valence-corrected chi connectivity index (χ0v) is 21.2. The molecule has 0 aliphatic heterocycles. The average Bonchev–Trinajstić information content (AvgIpc) is 3.47. The molecule has 160 valence electrons. The van der Waals surface area contributed by atoms with E-state index in [2.05, 4.69) is 65.7 Å². The van der Waals surface area contributed by atoms with Gasteiger partial charge in [-0.3, -0.25) is 4.57 Å². The van der Waals surface area contributed by atoms with Gasteiger partial charge in [0.05, 0.1) is 6.54 Å². The van der Waals surface area contributed by atoms with Crippen LogP contribution in [0, 0.1) is 0 Å². The van der Waals surface area contributed by atoms with E-state index in [4.69, 9.17) is 0 Å². The SMILES string of the molecule is BrCc1cccs1.CCCCBr.O=c1oc(=O)n(Cc2cccs2)c2ncccc12. The van der Waals surface area contributed by atoms with Crippen molar-refractivity contribution in [2.45, 2.75) is 31.6 Å². The quantitative estimate of drug-likeness (QED) is 0.263. The van der Waals surface area contributed by atoms with Crippen molar-refractivity contribution in [1.29, 1.82) is 0 Å². The van der Waals surface area contributed by atoms with Gasteiger partial charge in [0.25, 0.3) is 0 Å². The molecule has 4 rings (SSSR count). The second-order valence-electron chi connectivity index (χ2n) is 5.95. The second kappa shape index (κ2) is 13.7. The van der Waals surface area contributed by atoms with E-state index in [1.807, 2.05) is 17.5 Å². The highest BCUT2D eigenvalue weighted by Crippen LogP contribution is 2.12. The van der Waals surface area contributed by atoms with Crippen LogP contribution in [0.5, 0.6) is 0 Å². The van der Waals surface area contributed by atoms with Crippen molar-refractivity contribution < 1.29 is 4.42 Å². The van der Waals surface area contributed by atoms with Crippen molar-refractivity contribution in [3.05, 3.63) is 84.1 Å². The first-order valence-corrected chi connectivity index (χ1v) is 13.3. The third-order valence-corrected chi connectivity index (χ3v) is 7.03. The van der Waals surface area contributed by atoms with E-state index in [1.165, 1.54) is 33.6 Å². The summed E-state index contributed by atoms with van der Waals surface area (Å²) in [6.07, 6.45) is 4.15. The van der Waals surface area contributed by atoms with Gasteiger partial charge in [0.2, 0.25) is 0 Å². The van der Waals surface area contributed by atoms with Crippen molar-refractivity contribution in [2.24, 2.45) is 0 Å². The number of rotatable bonds is 5. The Morgan fingerprint density at radius 1 is 1.03 bits per heavy atom. The van der Waals surface area contributed by atoms with Crippen molar-refractivity contribution in [3.8, 4) is 0 Å². The normalized spacial score (nSPS) is 10.1. The highest BCUT2D eigenvalue weighted by Gasteiger charge is 2.10. The molecule has 0 saturated carbocycles. The van der Waals surface area contributed by atoms with Crippen molar-refractivity contribution in [2.75, 3.05) is 5.33 Å². The van der Waals surface area contributed by atoms with Gasteiger partial charge in [-0.25, -0.2) is 14.6 Å². The molecule has 0 unspecified atom stereocenters. The largest absolute Gasteiger partial charge is 0.423 e. The standard InChI is InChI=1S/C12H8N2O3S.C5H5BrS.C4H9Br/c15-11-9-4-1-5-13-10(9)14(12(16)17-11)7-8-3-2-6-18-8;6-4-5-2-1-3-7-5;1-2-3-4-5/h1-6H,7H2;1-3H,4H2;2-4H2,1H3. The minimum Gasteiger partial charge on any atom is -0.372 e. The maximum atomic E-state index is 11.7. The van der Waals surface area contributed by atoms with Gasteiger partial charge in [-0.1, -0.05) is 57.3 Å². The first kappa shape index (κ1) is 24.7. The number of alkyl halides is 2. The number of aromatic nitrogens is 2. The summed E-state index contributed by atoms with van der Waals surface area (Å²) in [6.45, 7) is 2.54. The monoisotopic (exact) mass is 572 g/mol. The smallest absolute Gasteiger partial charge is 0.372 e. The number of unbranched alkanes of at least 4 members (excludes halogenated alkanes) is 1. The maximum Gasteiger partial charge on any atom is 0.423 e. The van der Waals surface area contributed by atoms with E-state index >= 15 is 0 Å². The molecule has 0 aromatic carbocycles. The van der Waals surface area contributed by atoms with Crippen molar-refractivity contribution in [3.63, 3.8) is 0 Å². The van der Waals surface area contributed by atoms with Gasteiger partial charge in [-0.05, 0) is 41.4 Å². The lowest BCUT2D eigenvalue weighted by molar-refractivity contribution is 0.424. The fourth-order valence-corrected chi connectivity index (χ4v) is 4.66. The molecule has 0 aliphatic rings. The molecule has 0 spiro atoms. The molecule has 4 aromatic rings. The first-order chi connectivity index (χ1) is 14.6. The number of pyridine rings is 1. The number of hydrogen-bond acceptors (Lipinski definition) is 6. The lowest BCUT2D eigenvalue weighted by Crippen LogP contribution is -2.25. The van der Waals surface area contributed by atoms with Gasteiger partial charge in [0, 0.05) is 26.6 Å². The van der Waals surface area contributed by atoms with Crippen LogP contribution in [-0.2, 0) is 11.9 Å². The lowest BCUT2D eigenvalue weighted by Gasteiger charge is -2.05. The Balaban J connectivity index is 0.000000220. The fraction of sp³-hybridized carbons (Fsp3) is 0.286. The molecule has 9 heteroatoms. The van der Waals surface area contributed by atoms with Crippen LogP contribution in [0.4, 0.5) is 0 Å². The molecule has 0 fully saturated rings. The maximum absolute atomic E-state index is 11.7. The van der Waals surface area contributed by atoms with Crippen molar-refractivity contribution in [1.82, 2.24) is 9.55 Å². The Kier molecular flexibility index (Phi) is 11.3. The van der Waals surface area contributed by atoms with E-state index in [1.54, 1.807) is 29.7 Å². The number of halogens is 2. The van der Waals surface area contributed by atoms with Crippen LogP contribution < -0.4 is 11.4 Å². The molecule has 5 nitrogen and oxygen atoms in total. The lowest BCUT2D eigenvalue weighted by atomic mass is 10.3. The molecular formula is C21H22Br2N2O3S2. The van der Waals surface area contributed by atoms with E-state index in [9.17, 15) is 9.59 Å². The number of thiophene rings is 2. The van der Waals surface area contributed by atoms with Crippen LogP contribution in [-0.4, -0.2) is 14.9 Å². The van der Waals surface area contributed by atoms with E-state index < -0.39 is 11.4 Å². The van der Waals surface area contributed by atoms with Crippen LogP contribution in [0.1, 0.15) is 29.5 Å². The Morgan fingerprint density at radius 3 is 2.23 bits per heavy atom. The van der Waals surface area contributed by atoms with E-state index in [-0.39, 0.29) is 0 Å². The van der Waals surface area contributed by atoms with Gasteiger partial charge >= 0.3 is 11.4 Å². The second-order valence-corrected chi connectivity index (χ2v) is 9.37. The topological polar surface area (TPSA) is 65.1 Å². The number of hydrogen-bond donors (Lipinski definition) is 0. The third-order valence-electron chi connectivity index (χ3n) is 3.76. The minimum atomic E-state index is -0.681. The van der Waals surface area contributed by atoms with Gasteiger partial charge in [-0.2, -0.15) is 0 Å². The number of nitrogens with zero attached hydrogens (tertiary/aromatic N) is 2. The molecule has 0 saturated heterocycles. The van der Waals surface area contributed by atoms with Crippen LogP contribution in [0.3, 0.4) is 0 Å². The number of fused-ring (bicyclic) bond motifs is 1. The Morgan fingerprint density at radius 2 is 1.73 bits per heavy atom. The summed E-state index contributed by atoms with van der Waals surface area (Å²) in [4.78, 5) is 29.8. The summed E-state index contributed by atoms with van der Waals surface area (Å²) in [6, 6.07) is 11.2. The van der Waals surface area contributed by atoms with Crippen LogP contribution in [0.25, 0.3) is 11.0 Å². The highest BCUT2D eigenvalue weighted by molar-refractivity contribution is 9.09. The molecule has 4 heterocycles. The highest BCUT2D eigenvalue weighted by atomic mass is 79.9. The summed E-state index contributed by atoms with van der Waals surface area (Å²) >= 11 is 9.96. The summed E-state index contributed by atoms with van der Waals surface area (Å²) in [5, 5.41) is 6.47. The fourth-order valence-electron chi connectivity index (χ4n) is 2.27. The van der Waals surface area contributed by atoms with Crippen LogP contribution in [0.2, 0.25) is 0 Å². The van der Waals surface area contributed by atoms with Gasteiger partial charge in [0.15, 0.2) is 5.65 Å². The van der Waals surface area contributed by atoms with Crippen molar-refractivity contribution >= 4 is 65.6 Å². The van der Waals surface area contributed by atoms with Crippen LogP contribution >= 0.6 is 54.5 Å². The molecule has 0 amide bonds. The molecule has 4 aromatic heterocycles. The first-order valence-electron chi connectivity index (χ1n) is 9.26. The minimum absolute atomic E-state index is 0.314.